The summed E-state index contributed by atoms with van der Waals surface area (Å²) in [5.41, 5.74) is -1.17. The monoisotopic (exact) mass is 542 g/mol. The molecule has 0 radical (unpaired) electrons. The molecule has 12 heteroatoms. The van der Waals surface area contributed by atoms with E-state index in [0.29, 0.717) is 31.7 Å². The van der Waals surface area contributed by atoms with Gasteiger partial charge in [0.2, 0.25) is 5.91 Å². The molecule has 0 spiro atoms. The molecule has 2 amide bonds. The number of likely N-dealkylation sites (tertiary alicyclic amines) is 1. The van der Waals surface area contributed by atoms with Crippen LogP contribution in [-0.2, 0) is 20.8 Å². The second kappa shape index (κ2) is 9.96. The molecule has 4 rings (SSSR count). The van der Waals surface area contributed by atoms with E-state index in [-0.39, 0.29) is 34.2 Å². The Balaban J connectivity index is 1.58. The molecule has 1 heterocycles. The number of nitrogens with one attached hydrogen (secondary N) is 1. The van der Waals surface area contributed by atoms with Crippen molar-refractivity contribution in [2.45, 2.75) is 48.8 Å². The van der Waals surface area contributed by atoms with Crippen LogP contribution in [0.25, 0.3) is 0 Å². The molecule has 1 aliphatic carbocycles. The zero-order chi connectivity index (χ0) is 27.1. The van der Waals surface area contributed by atoms with Gasteiger partial charge in [-0.2, -0.15) is 13.2 Å². The lowest BCUT2D eigenvalue weighted by Crippen LogP contribution is -2.47. The standard InChI is InChI=1S/C25H26F4N2O5S/c1-36-21-10-8-16(37(2,34)35)13-18(21)24(33)31-11-3-4-20(31)23(32)30-22(14-5-6-14)17-9-7-15(12-19(17)26)25(27,28)29/h7-10,12-14,20,22H,3-6,11H2,1-2H3,(H,30,32)/t20-,22-/m1/s1. The van der Waals surface area contributed by atoms with Crippen molar-refractivity contribution in [2.75, 3.05) is 19.9 Å². The van der Waals surface area contributed by atoms with E-state index >= 15 is 0 Å². The van der Waals surface area contributed by atoms with Crippen LogP contribution in [0.4, 0.5) is 17.6 Å². The average Bonchev–Trinajstić information content (AvgIpc) is 3.55. The summed E-state index contributed by atoms with van der Waals surface area (Å²) in [5.74, 6) is -2.20. The van der Waals surface area contributed by atoms with Crippen molar-refractivity contribution in [2.24, 2.45) is 5.92 Å². The maximum Gasteiger partial charge on any atom is 0.416 e. The largest absolute Gasteiger partial charge is 0.496 e. The SMILES string of the molecule is COc1ccc(S(C)(=O)=O)cc1C(=O)N1CCC[C@@H]1C(=O)N[C@@H](c1ccc(C(F)(F)F)cc1F)C1CC1. The third kappa shape index (κ3) is 5.73. The number of alkyl halides is 3. The van der Waals surface area contributed by atoms with Gasteiger partial charge in [0.15, 0.2) is 9.84 Å². The minimum Gasteiger partial charge on any atom is -0.496 e. The number of hydrogen-bond acceptors (Lipinski definition) is 5. The van der Waals surface area contributed by atoms with E-state index < -0.39 is 51.3 Å². The number of hydrogen-bond donors (Lipinski definition) is 1. The van der Waals surface area contributed by atoms with Gasteiger partial charge in [0.05, 0.1) is 29.2 Å². The fourth-order valence-corrected chi connectivity index (χ4v) is 5.25. The molecule has 2 aromatic carbocycles. The lowest BCUT2D eigenvalue weighted by Gasteiger charge is -2.28. The lowest BCUT2D eigenvalue weighted by atomic mass is 9.99. The maximum absolute atomic E-state index is 14.7. The minimum atomic E-state index is -4.70. The molecule has 0 aromatic heterocycles. The van der Waals surface area contributed by atoms with Crippen LogP contribution in [-0.4, -0.2) is 51.1 Å². The minimum absolute atomic E-state index is 0.0161. The molecule has 2 fully saturated rings. The van der Waals surface area contributed by atoms with Crippen LogP contribution in [0.3, 0.4) is 0 Å². The highest BCUT2D eigenvalue weighted by Gasteiger charge is 2.41. The number of sulfone groups is 1. The molecule has 2 atom stereocenters. The normalized spacial score (nSPS) is 19.0. The molecule has 7 nitrogen and oxygen atoms in total. The van der Waals surface area contributed by atoms with Crippen molar-refractivity contribution in [3.8, 4) is 5.75 Å². The molecular formula is C25H26F4N2O5S. The van der Waals surface area contributed by atoms with Gasteiger partial charge in [-0.05, 0) is 61.9 Å². The van der Waals surface area contributed by atoms with Gasteiger partial charge in [0, 0.05) is 18.4 Å². The van der Waals surface area contributed by atoms with E-state index in [9.17, 15) is 35.6 Å². The Morgan fingerprint density at radius 1 is 1.11 bits per heavy atom. The lowest BCUT2D eigenvalue weighted by molar-refractivity contribution is -0.137. The number of carbonyl (C=O) groups excluding carboxylic acids is 2. The van der Waals surface area contributed by atoms with E-state index in [0.717, 1.165) is 18.4 Å². The van der Waals surface area contributed by atoms with E-state index in [1.165, 1.54) is 30.2 Å². The Kier molecular flexibility index (Phi) is 7.24. The predicted octanol–water partition coefficient (Wildman–Crippen LogP) is 4.13. The Morgan fingerprint density at radius 2 is 1.81 bits per heavy atom. The molecule has 1 aliphatic heterocycles. The zero-order valence-corrected chi connectivity index (χ0v) is 21.0. The first-order valence-electron chi connectivity index (χ1n) is 11.7. The molecule has 1 N–H and O–H groups in total. The van der Waals surface area contributed by atoms with Gasteiger partial charge < -0.3 is 15.0 Å². The summed E-state index contributed by atoms with van der Waals surface area (Å²) in [6.45, 7) is 0.228. The van der Waals surface area contributed by atoms with Crippen molar-refractivity contribution in [1.29, 1.82) is 0 Å². The van der Waals surface area contributed by atoms with Crippen LogP contribution in [0.5, 0.6) is 5.75 Å². The third-order valence-electron chi connectivity index (χ3n) is 6.70. The average molecular weight is 543 g/mol. The van der Waals surface area contributed by atoms with Gasteiger partial charge >= 0.3 is 6.18 Å². The maximum atomic E-state index is 14.7. The van der Waals surface area contributed by atoms with E-state index in [2.05, 4.69) is 5.32 Å². The second-order valence-corrected chi connectivity index (χ2v) is 11.4. The van der Waals surface area contributed by atoms with Gasteiger partial charge in [-0.3, -0.25) is 9.59 Å². The number of nitrogens with zero attached hydrogens (tertiary/aromatic N) is 1. The first-order valence-corrected chi connectivity index (χ1v) is 13.6. The zero-order valence-electron chi connectivity index (χ0n) is 20.1. The molecule has 1 saturated carbocycles. The summed E-state index contributed by atoms with van der Waals surface area (Å²) in [7, 11) is -2.28. The van der Waals surface area contributed by atoms with Crippen LogP contribution >= 0.6 is 0 Å². The Morgan fingerprint density at radius 3 is 2.38 bits per heavy atom. The Hall–Kier alpha value is -3.15. The smallest absolute Gasteiger partial charge is 0.416 e. The summed E-state index contributed by atoms with van der Waals surface area (Å²) in [4.78, 5) is 27.9. The van der Waals surface area contributed by atoms with Crippen molar-refractivity contribution in [3.63, 3.8) is 0 Å². The molecule has 0 unspecified atom stereocenters. The fourth-order valence-electron chi connectivity index (χ4n) is 4.61. The highest BCUT2D eigenvalue weighted by atomic mass is 32.2. The Labute approximate surface area is 211 Å². The number of carbonyl (C=O) groups is 2. The second-order valence-electron chi connectivity index (χ2n) is 9.35. The summed E-state index contributed by atoms with van der Waals surface area (Å²) >= 11 is 0. The van der Waals surface area contributed by atoms with Crippen LogP contribution in [0.15, 0.2) is 41.3 Å². The number of ether oxygens (including phenoxy) is 1. The number of benzene rings is 2. The number of methoxy groups -OCH3 is 1. The number of amides is 2. The number of halogens is 4. The highest BCUT2D eigenvalue weighted by Crippen LogP contribution is 2.43. The molecule has 2 aromatic rings. The van der Waals surface area contributed by atoms with Crippen molar-refractivity contribution in [3.05, 3.63) is 58.9 Å². The van der Waals surface area contributed by atoms with Gasteiger partial charge in [-0.1, -0.05) is 6.07 Å². The van der Waals surface area contributed by atoms with E-state index in [1.807, 2.05) is 0 Å². The van der Waals surface area contributed by atoms with Crippen LogP contribution in [0.1, 0.15) is 53.2 Å². The van der Waals surface area contributed by atoms with Crippen LogP contribution in [0.2, 0.25) is 0 Å². The topological polar surface area (TPSA) is 92.8 Å². The predicted molar refractivity (Wildman–Crippen MR) is 125 cm³/mol. The first kappa shape index (κ1) is 26.9. The molecule has 200 valence electrons. The van der Waals surface area contributed by atoms with Crippen molar-refractivity contribution < 1.29 is 40.3 Å². The van der Waals surface area contributed by atoms with E-state index in [1.54, 1.807) is 0 Å². The fraction of sp³-hybridized carbons (Fsp3) is 0.440. The van der Waals surface area contributed by atoms with Crippen LogP contribution in [0, 0.1) is 11.7 Å². The van der Waals surface area contributed by atoms with Crippen molar-refractivity contribution in [1.82, 2.24) is 10.2 Å². The van der Waals surface area contributed by atoms with Gasteiger partial charge in [0.25, 0.3) is 5.91 Å². The summed E-state index contributed by atoms with van der Waals surface area (Å²) in [6, 6.07) is 4.38. The van der Waals surface area contributed by atoms with Crippen molar-refractivity contribution >= 4 is 21.7 Å². The van der Waals surface area contributed by atoms with Gasteiger partial charge in [0.1, 0.15) is 17.6 Å². The van der Waals surface area contributed by atoms with E-state index in [4.69, 9.17) is 4.74 Å². The van der Waals surface area contributed by atoms with Crippen LogP contribution < -0.4 is 10.1 Å². The number of rotatable bonds is 7. The molecule has 2 aliphatic rings. The molecule has 37 heavy (non-hydrogen) atoms. The molecule has 1 saturated heterocycles. The summed E-state index contributed by atoms with van der Waals surface area (Å²) < 4.78 is 82.9. The molecular weight excluding hydrogens is 516 g/mol. The summed E-state index contributed by atoms with van der Waals surface area (Å²) in [5, 5.41) is 2.76. The highest BCUT2D eigenvalue weighted by molar-refractivity contribution is 7.90. The third-order valence-corrected chi connectivity index (χ3v) is 7.81. The van der Waals surface area contributed by atoms with Gasteiger partial charge in [-0.15, -0.1) is 0 Å². The quantitative estimate of drug-likeness (QED) is 0.532. The summed E-state index contributed by atoms with van der Waals surface area (Å²) in [6.07, 6.45) is -1.52. The van der Waals surface area contributed by atoms with Gasteiger partial charge in [-0.25, -0.2) is 12.8 Å². The first-order chi connectivity index (χ1) is 17.3. The Bertz CT molecular complexity index is 1320. The molecule has 0 bridgehead atoms.